The summed E-state index contributed by atoms with van der Waals surface area (Å²) >= 11 is 11.5. The second-order valence-electron chi connectivity index (χ2n) is 8.09. The van der Waals surface area contributed by atoms with Gasteiger partial charge in [-0.05, 0) is 67.9 Å². The molecule has 0 amide bonds. The molecule has 0 spiro atoms. The standard InChI is InChI=1S/C24H30ClN5O2S2/c1-5-11-30(12-6-2)34(31,32)19-8-10-23-20(14-19)18(16-29(23)4)15-26-28-24(33)27-22-9-7-17(3)13-21(22)25/h7-10,13-16H,5-6,11-12H2,1-4H3,(H2,27,28,33). The Morgan fingerprint density at radius 2 is 1.88 bits per heavy atom. The molecule has 10 heteroatoms. The summed E-state index contributed by atoms with van der Waals surface area (Å²) in [5.41, 5.74) is 6.21. The average molecular weight is 520 g/mol. The average Bonchev–Trinajstić information content (AvgIpc) is 3.10. The van der Waals surface area contributed by atoms with E-state index in [2.05, 4.69) is 15.8 Å². The number of hydrogen-bond acceptors (Lipinski definition) is 4. The van der Waals surface area contributed by atoms with E-state index in [4.69, 9.17) is 23.8 Å². The zero-order valence-corrected chi connectivity index (χ0v) is 22.2. The van der Waals surface area contributed by atoms with E-state index in [1.165, 1.54) is 0 Å². The smallest absolute Gasteiger partial charge is 0.243 e. The van der Waals surface area contributed by atoms with Crippen LogP contribution in [-0.4, -0.2) is 41.7 Å². The number of fused-ring (bicyclic) bond motifs is 1. The third-order valence-electron chi connectivity index (χ3n) is 5.32. The van der Waals surface area contributed by atoms with Crippen molar-refractivity contribution in [3.05, 3.63) is 58.7 Å². The van der Waals surface area contributed by atoms with Gasteiger partial charge in [-0.2, -0.15) is 9.41 Å². The van der Waals surface area contributed by atoms with Crippen molar-refractivity contribution in [2.45, 2.75) is 38.5 Å². The summed E-state index contributed by atoms with van der Waals surface area (Å²) in [5.74, 6) is 0. The summed E-state index contributed by atoms with van der Waals surface area (Å²) < 4.78 is 30.0. The van der Waals surface area contributed by atoms with Gasteiger partial charge in [-0.3, -0.25) is 5.43 Å². The Kier molecular flexibility index (Phi) is 8.70. The van der Waals surface area contributed by atoms with Gasteiger partial charge in [0.2, 0.25) is 10.0 Å². The lowest BCUT2D eigenvalue weighted by Gasteiger charge is -2.21. The summed E-state index contributed by atoms with van der Waals surface area (Å²) in [6.45, 7) is 6.91. The number of nitrogens with zero attached hydrogens (tertiary/aromatic N) is 3. The van der Waals surface area contributed by atoms with Crippen molar-refractivity contribution in [3.63, 3.8) is 0 Å². The lowest BCUT2D eigenvalue weighted by Crippen LogP contribution is -2.32. The van der Waals surface area contributed by atoms with E-state index in [1.54, 1.807) is 22.7 Å². The number of thiocarbonyl (C=S) groups is 1. The van der Waals surface area contributed by atoms with Crippen LogP contribution in [0, 0.1) is 6.92 Å². The van der Waals surface area contributed by atoms with Crippen LogP contribution in [0.5, 0.6) is 0 Å². The molecule has 0 aliphatic heterocycles. The first-order valence-electron chi connectivity index (χ1n) is 11.1. The van der Waals surface area contributed by atoms with Gasteiger partial charge in [-0.1, -0.05) is 31.5 Å². The van der Waals surface area contributed by atoms with Crippen LogP contribution in [0.1, 0.15) is 37.8 Å². The molecule has 0 bridgehead atoms. The van der Waals surface area contributed by atoms with Gasteiger partial charge in [0.15, 0.2) is 5.11 Å². The maximum Gasteiger partial charge on any atom is 0.243 e. The summed E-state index contributed by atoms with van der Waals surface area (Å²) in [7, 11) is -1.67. The normalized spacial score (nSPS) is 12.1. The fraction of sp³-hybridized carbons (Fsp3) is 0.333. The molecule has 34 heavy (non-hydrogen) atoms. The summed E-state index contributed by atoms with van der Waals surface area (Å²) in [4.78, 5) is 0.280. The lowest BCUT2D eigenvalue weighted by atomic mass is 10.2. The zero-order valence-electron chi connectivity index (χ0n) is 19.8. The van der Waals surface area contributed by atoms with Gasteiger partial charge in [-0.15, -0.1) is 0 Å². The number of halogens is 1. The molecule has 0 atom stereocenters. The number of hydrazone groups is 1. The number of anilines is 1. The van der Waals surface area contributed by atoms with E-state index in [0.717, 1.165) is 34.9 Å². The maximum absolute atomic E-state index is 13.2. The quantitative estimate of drug-likeness (QED) is 0.229. The Hall–Kier alpha value is -2.46. The van der Waals surface area contributed by atoms with Crippen LogP contribution in [0.4, 0.5) is 5.69 Å². The molecule has 0 aliphatic rings. The summed E-state index contributed by atoms with van der Waals surface area (Å²) in [6, 6.07) is 10.8. The van der Waals surface area contributed by atoms with Crippen molar-refractivity contribution in [1.29, 1.82) is 0 Å². The number of nitrogens with one attached hydrogen (secondary N) is 2. The molecule has 1 heterocycles. The molecule has 182 valence electrons. The second-order valence-corrected chi connectivity index (χ2v) is 10.8. The van der Waals surface area contributed by atoms with Crippen molar-refractivity contribution < 1.29 is 8.42 Å². The van der Waals surface area contributed by atoms with Gasteiger partial charge >= 0.3 is 0 Å². The van der Waals surface area contributed by atoms with Crippen molar-refractivity contribution in [2.24, 2.45) is 12.1 Å². The van der Waals surface area contributed by atoms with Crippen LogP contribution in [0.15, 0.2) is 52.6 Å². The molecule has 3 aromatic rings. The number of benzene rings is 2. The van der Waals surface area contributed by atoms with Gasteiger partial charge in [-0.25, -0.2) is 8.42 Å². The Labute approximate surface area is 211 Å². The number of rotatable bonds is 9. The summed E-state index contributed by atoms with van der Waals surface area (Å²) in [6.07, 6.45) is 5.05. The number of aryl methyl sites for hydroxylation is 2. The van der Waals surface area contributed by atoms with Gasteiger partial charge in [0, 0.05) is 42.8 Å². The van der Waals surface area contributed by atoms with Crippen LogP contribution in [-0.2, 0) is 17.1 Å². The molecule has 0 unspecified atom stereocenters. The zero-order chi connectivity index (χ0) is 24.9. The highest BCUT2D eigenvalue weighted by molar-refractivity contribution is 7.89. The highest BCUT2D eigenvalue weighted by atomic mass is 35.5. The molecule has 1 aromatic heterocycles. The van der Waals surface area contributed by atoms with Crippen LogP contribution < -0.4 is 10.7 Å². The molecule has 0 fully saturated rings. The minimum absolute atomic E-state index is 0.280. The molecule has 0 saturated heterocycles. The Morgan fingerprint density at radius 1 is 1.18 bits per heavy atom. The lowest BCUT2D eigenvalue weighted by molar-refractivity contribution is 0.410. The molecule has 0 radical (unpaired) electrons. The first-order valence-corrected chi connectivity index (χ1v) is 13.4. The van der Waals surface area contributed by atoms with Gasteiger partial charge in [0.25, 0.3) is 0 Å². The minimum atomic E-state index is -3.58. The molecule has 2 N–H and O–H groups in total. The monoisotopic (exact) mass is 519 g/mol. The van der Waals surface area contributed by atoms with Crippen molar-refractivity contribution in [3.8, 4) is 0 Å². The van der Waals surface area contributed by atoms with Crippen LogP contribution in [0.25, 0.3) is 10.9 Å². The Morgan fingerprint density at radius 3 is 2.53 bits per heavy atom. The molecule has 2 aromatic carbocycles. The molecular weight excluding hydrogens is 490 g/mol. The van der Waals surface area contributed by atoms with E-state index in [-0.39, 0.29) is 4.90 Å². The van der Waals surface area contributed by atoms with Crippen molar-refractivity contribution >= 4 is 61.8 Å². The number of hydrogen-bond donors (Lipinski definition) is 2. The van der Waals surface area contributed by atoms with Crippen LogP contribution in [0.3, 0.4) is 0 Å². The fourth-order valence-electron chi connectivity index (χ4n) is 3.70. The van der Waals surface area contributed by atoms with E-state index >= 15 is 0 Å². The maximum atomic E-state index is 13.2. The van der Waals surface area contributed by atoms with Crippen LogP contribution in [0.2, 0.25) is 5.02 Å². The molecule has 0 saturated carbocycles. The molecule has 0 aliphatic carbocycles. The second kappa shape index (κ2) is 11.3. The minimum Gasteiger partial charge on any atom is -0.350 e. The first kappa shape index (κ1) is 26.2. The number of sulfonamides is 1. The summed E-state index contributed by atoms with van der Waals surface area (Å²) in [5, 5.41) is 8.91. The third-order valence-corrected chi connectivity index (χ3v) is 7.72. The largest absolute Gasteiger partial charge is 0.350 e. The van der Waals surface area contributed by atoms with Crippen molar-refractivity contribution in [2.75, 3.05) is 18.4 Å². The van der Waals surface area contributed by atoms with Crippen molar-refractivity contribution in [1.82, 2.24) is 14.3 Å². The van der Waals surface area contributed by atoms with E-state index in [0.29, 0.717) is 28.9 Å². The Bertz CT molecular complexity index is 1310. The predicted molar refractivity (Wildman–Crippen MR) is 145 cm³/mol. The number of aromatic nitrogens is 1. The highest BCUT2D eigenvalue weighted by Gasteiger charge is 2.24. The molecule has 3 rings (SSSR count). The van der Waals surface area contributed by atoms with Gasteiger partial charge in [0.05, 0.1) is 21.8 Å². The van der Waals surface area contributed by atoms with E-state index < -0.39 is 10.0 Å². The van der Waals surface area contributed by atoms with E-state index in [1.807, 2.05) is 62.8 Å². The fourth-order valence-corrected chi connectivity index (χ4v) is 5.79. The Balaban J connectivity index is 1.82. The van der Waals surface area contributed by atoms with Crippen LogP contribution >= 0.6 is 23.8 Å². The molecular formula is C24H30ClN5O2S2. The third kappa shape index (κ3) is 5.96. The first-order chi connectivity index (χ1) is 16.2. The highest BCUT2D eigenvalue weighted by Crippen LogP contribution is 2.26. The van der Waals surface area contributed by atoms with Gasteiger partial charge in [0.1, 0.15) is 0 Å². The molecule has 7 nitrogen and oxygen atoms in total. The van der Waals surface area contributed by atoms with E-state index in [9.17, 15) is 8.42 Å². The SMILES string of the molecule is CCCN(CCC)S(=O)(=O)c1ccc2c(c1)c(C=NNC(=S)Nc1ccc(C)cc1Cl)cn2C. The predicted octanol–water partition coefficient (Wildman–Crippen LogP) is 5.27. The van der Waals surface area contributed by atoms with Gasteiger partial charge < -0.3 is 9.88 Å². The topological polar surface area (TPSA) is 78.7 Å².